The molecular formula is C21H23ClN2O2. The Labute approximate surface area is 159 Å². The van der Waals surface area contributed by atoms with Gasteiger partial charge in [0.15, 0.2) is 0 Å². The topological polar surface area (TPSA) is 49.4 Å². The molecule has 5 heteroatoms. The first-order chi connectivity index (χ1) is 12.5. The number of nitrogens with zero attached hydrogens (tertiary/aromatic N) is 1. The monoisotopic (exact) mass is 370 g/mol. The van der Waals surface area contributed by atoms with Gasteiger partial charge in [-0.1, -0.05) is 54.9 Å². The van der Waals surface area contributed by atoms with E-state index in [1.165, 1.54) is 5.56 Å². The lowest BCUT2D eigenvalue weighted by molar-refractivity contribution is -0.126. The zero-order valence-electron chi connectivity index (χ0n) is 15.0. The van der Waals surface area contributed by atoms with Crippen LogP contribution in [0.2, 0.25) is 5.02 Å². The van der Waals surface area contributed by atoms with Crippen LogP contribution in [0.15, 0.2) is 48.5 Å². The van der Waals surface area contributed by atoms with E-state index in [0.29, 0.717) is 18.1 Å². The van der Waals surface area contributed by atoms with Gasteiger partial charge in [-0.25, -0.2) is 0 Å². The van der Waals surface area contributed by atoms with Crippen LogP contribution in [0.25, 0.3) is 0 Å². The van der Waals surface area contributed by atoms with E-state index in [9.17, 15) is 9.59 Å². The van der Waals surface area contributed by atoms with Crippen LogP contribution < -0.4 is 10.2 Å². The molecule has 2 aromatic carbocycles. The highest BCUT2D eigenvalue weighted by Gasteiger charge is 2.35. The van der Waals surface area contributed by atoms with Gasteiger partial charge in [0, 0.05) is 30.2 Å². The second-order valence-electron chi connectivity index (χ2n) is 6.85. The molecule has 2 atom stereocenters. The van der Waals surface area contributed by atoms with Crippen LogP contribution in [-0.4, -0.2) is 24.9 Å². The van der Waals surface area contributed by atoms with E-state index in [2.05, 4.69) is 24.4 Å². The summed E-state index contributed by atoms with van der Waals surface area (Å²) in [4.78, 5) is 26.6. The molecule has 0 radical (unpaired) electrons. The molecule has 26 heavy (non-hydrogen) atoms. The Morgan fingerprint density at radius 1 is 1.23 bits per heavy atom. The number of benzene rings is 2. The number of hydrogen-bond acceptors (Lipinski definition) is 2. The summed E-state index contributed by atoms with van der Waals surface area (Å²) < 4.78 is 0. The van der Waals surface area contributed by atoms with Gasteiger partial charge in [0.05, 0.1) is 5.92 Å². The highest BCUT2D eigenvalue weighted by molar-refractivity contribution is 6.31. The van der Waals surface area contributed by atoms with Crippen LogP contribution in [0.3, 0.4) is 0 Å². The summed E-state index contributed by atoms with van der Waals surface area (Å²) >= 11 is 6.16. The number of hydrogen-bond donors (Lipinski definition) is 1. The summed E-state index contributed by atoms with van der Waals surface area (Å²) in [7, 11) is 0. The maximum Gasteiger partial charge on any atom is 0.227 e. The summed E-state index contributed by atoms with van der Waals surface area (Å²) in [6.07, 6.45) is 0.234. The van der Waals surface area contributed by atoms with Gasteiger partial charge in [0.1, 0.15) is 0 Å². The number of nitrogens with one attached hydrogen (secondary N) is 1. The molecule has 0 unspecified atom stereocenters. The molecule has 1 aliphatic rings. The van der Waals surface area contributed by atoms with E-state index >= 15 is 0 Å². The molecule has 0 bridgehead atoms. The number of carbonyl (C=O) groups is 2. The van der Waals surface area contributed by atoms with Gasteiger partial charge in [0.25, 0.3) is 0 Å². The average molecular weight is 371 g/mol. The fourth-order valence-corrected chi connectivity index (χ4v) is 3.47. The van der Waals surface area contributed by atoms with Crippen LogP contribution in [0, 0.1) is 12.8 Å². The average Bonchev–Trinajstić information content (AvgIpc) is 3.04. The molecule has 4 nitrogen and oxygen atoms in total. The third-order valence-corrected chi connectivity index (χ3v) is 5.39. The quantitative estimate of drug-likeness (QED) is 0.867. The summed E-state index contributed by atoms with van der Waals surface area (Å²) in [5.41, 5.74) is 2.84. The fourth-order valence-electron chi connectivity index (χ4n) is 3.30. The van der Waals surface area contributed by atoms with Crippen LogP contribution in [0.1, 0.15) is 30.4 Å². The Bertz CT molecular complexity index is 807. The van der Waals surface area contributed by atoms with E-state index in [-0.39, 0.29) is 30.1 Å². The van der Waals surface area contributed by atoms with Crippen molar-refractivity contribution in [2.45, 2.75) is 26.2 Å². The van der Waals surface area contributed by atoms with Crippen LogP contribution in [-0.2, 0) is 9.59 Å². The predicted molar refractivity (Wildman–Crippen MR) is 105 cm³/mol. The molecule has 0 spiro atoms. The smallest absolute Gasteiger partial charge is 0.227 e. The Morgan fingerprint density at radius 3 is 2.69 bits per heavy atom. The van der Waals surface area contributed by atoms with Crippen molar-refractivity contribution in [2.24, 2.45) is 5.92 Å². The summed E-state index contributed by atoms with van der Waals surface area (Å²) in [6, 6.07) is 15.6. The first kappa shape index (κ1) is 18.5. The van der Waals surface area contributed by atoms with Crippen molar-refractivity contribution in [3.63, 3.8) is 0 Å². The molecule has 0 saturated carbocycles. The molecule has 3 rings (SSSR count). The first-order valence-electron chi connectivity index (χ1n) is 8.85. The highest BCUT2D eigenvalue weighted by Crippen LogP contribution is 2.31. The summed E-state index contributed by atoms with van der Waals surface area (Å²) in [5, 5.41) is 3.62. The summed E-state index contributed by atoms with van der Waals surface area (Å²) in [6.45, 7) is 4.92. The molecule has 1 fully saturated rings. The van der Waals surface area contributed by atoms with E-state index in [1.807, 2.05) is 37.3 Å². The second kappa shape index (κ2) is 7.92. The van der Waals surface area contributed by atoms with Gasteiger partial charge in [-0.15, -0.1) is 0 Å². The molecule has 1 heterocycles. The van der Waals surface area contributed by atoms with Crippen molar-refractivity contribution in [1.82, 2.24) is 5.32 Å². The molecule has 1 aliphatic heterocycles. The predicted octanol–water partition coefficient (Wildman–Crippen LogP) is 3.92. The van der Waals surface area contributed by atoms with Gasteiger partial charge in [-0.2, -0.15) is 0 Å². The number of rotatable bonds is 5. The molecule has 1 saturated heterocycles. The van der Waals surface area contributed by atoms with Crippen LogP contribution in [0.5, 0.6) is 0 Å². The minimum absolute atomic E-state index is 0.0355. The standard InChI is InChI=1S/C21H23ClN2O2/c1-14(16-7-4-3-5-8-16)12-23-21(26)17-11-20(25)24(13-17)19-10-6-9-18(22)15(19)2/h3-10,14,17H,11-13H2,1-2H3,(H,23,26)/t14-,17-/m0/s1. The van der Waals surface area contributed by atoms with Gasteiger partial charge in [0.2, 0.25) is 11.8 Å². The van der Waals surface area contributed by atoms with Gasteiger partial charge < -0.3 is 10.2 Å². The van der Waals surface area contributed by atoms with E-state index in [4.69, 9.17) is 11.6 Å². The lowest BCUT2D eigenvalue weighted by atomic mass is 10.0. The van der Waals surface area contributed by atoms with Crippen LogP contribution >= 0.6 is 11.6 Å². The Morgan fingerprint density at radius 2 is 1.96 bits per heavy atom. The maximum atomic E-state index is 12.5. The molecule has 0 aromatic heterocycles. The molecule has 2 amide bonds. The number of halogens is 1. The largest absolute Gasteiger partial charge is 0.355 e. The SMILES string of the molecule is Cc1c(Cl)cccc1N1C[C@@H](C(=O)NC[C@H](C)c2ccccc2)CC1=O. The van der Waals surface area contributed by atoms with Crippen molar-refractivity contribution in [3.8, 4) is 0 Å². The Kier molecular flexibility index (Phi) is 5.62. The van der Waals surface area contributed by atoms with Gasteiger partial charge >= 0.3 is 0 Å². The molecule has 0 aliphatic carbocycles. The van der Waals surface area contributed by atoms with Crippen molar-refractivity contribution in [3.05, 3.63) is 64.7 Å². The van der Waals surface area contributed by atoms with E-state index in [1.54, 1.807) is 11.0 Å². The molecular weight excluding hydrogens is 348 g/mol. The number of carbonyl (C=O) groups excluding carboxylic acids is 2. The van der Waals surface area contributed by atoms with Gasteiger partial charge in [-0.3, -0.25) is 9.59 Å². The van der Waals surface area contributed by atoms with Gasteiger partial charge in [-0.05, 0) is 36.1 Å². The normalized spacial score (nSPS) is 18.0. The zero-order valence-corrected chi connectivity index (χ0v) is 15.8. The highest BCUT2D eigenvalue weighted by atomic mass is 35.5. The van der Waals surface area contributed by atoms with Crippen LogP contribution in [0.4, 0.5) is 5.69 Å². The second-order valence-corrected chi connectivity index (χ2v) is 7.25. The number of anilines is 1. The lowest BCUT2D eigenvalue weighted by Crippen LogP contribution is -2.35. The number of amides is 2. The fraction of sp³-hybridized carbons (Fsp3) is 0.333. The minimum atomic E-state index is -0.330. The van der Waals surface area contributed by atoms with Crippen molar-refractivity contribution >= 4 is 29.1 Å². The molecule has 136 valence electrons. The minimum Gasteiger partial charge on any atom is -0.355 e. The summed E-state index contributed by atoms with van der Waals surface area (Å²) in [5.74, 6) is -0.206. The third kappa shape index (κ3) is 3.91. The Hall–Kier alpha value is -2.33. The van der Waals surface area contributed by atoms with Crippen molar-refractivity contribution < 1.29 is 9.59 Å². The van der Waals surface area contributed by atoms with E-state index < -0.39 is 0 Å². The molecule has 2 aromatic rings. The first-order valence-corrected chi connectivity index (χ1v) is 9.23. The van der Waals surface area contributed by atoms with Crippen molar-refractivity contribution in [2.75, 3.05) is 18.0 Å². The van der Waals surface area contributed by atoms with Crippen molar-refractivity contribution in [1.29, 1.82) is 0 Å². The molecule has 1 N–H and O–H groups in total. The maximum absolute atomic E-state index is 12.5. The zero-order chi connectivity index (χ0) is 18.7. The lowest BCUT2D eigenvalue weighted by Gasteiger charge is -2.20. The van der Waals surface area contributed by atoms with E-state index in [0.717, 1.165) is 11.3 Å². The third-order valence-electron chi connectivity index (χ3n) is 4.98. The Balaban J connectivity index is 1.61.